The fourth-order valence-electron chi connectivity index (χ4n) is 2.81. The Hall–Kier alpha value is -1.89. The number of carbonyl (C=O) groups is 1. The number of ether oxygens (including phenoxy) is 1. The van der Waals surface area contributed by atoms with Crippen molar-refractivity contribution in [2.45, 2.75) is 13.0 Å². The molecule has 1 aliphatic heterocycles. The van der Waals surface area contributed by atoms with E-state index in [-0.39, 0.29) is 17.7 Å². The number of aromatic nitrogens is 1. The molecule has 1 saturated heterocycles. The van der Waals surface area contributed by atoms with Crippen molar-refractivity contribution in [2.24, 2.45) is 0 Å². The Morgan fingerprint density at radius 3 is 2.83 bits per heavy atom. The molecule has 1 N–H and O–H groups in total. The molecule has 2 aromatic rings. The predicted molar refractivity (Wildman–Crippen MR) is 90.2 cm³/mol. The van der Waals surface area contributed by atoms with Crippen molar-refractivity contribution in [1.29, 1.82) is 0 Å². The van der Waals surface area contributed by atoms with Gasteiger partial charge in [0.1, 0.15) is 0 Å². The van der Waals surface area contributed by atoms with Gasteiger partial charge in [0.15, 0.2) is 0 Å². The average Bonchev–Trinajstić information content (AvgIpc) is 3.02. The van der Waals surface area contributed by atoms with E-state index in [0.717, 1.165) is 18.7 Å². The molecule has 1 aliphatic rings. The molecule has 0 unspecified atom stereocenters. The zero-order valence-electron chi connectivity index (χ0n) is 13.5. The number of amides is 1. The molecule has 0 bridgehead atoms. The Bertz CT molecular complexity index is 698. The Morgan fingerprint density at radius 1 is 1.38 bits per heavy atom. The minimum Gasteiger partial charge on any atom is -0.379 e. The van der Waals surface area contributed by atoms with Gasteiger partial charge in [0.2, 0.25) is 5.76 Å². The Labute approximate surface area is 145 Å². The second-order valence-corrected chi connectivity index (χ2v) is 6.20. The van der Waals surface area contributed by atoms with Gasteiger partial charge < -0.3 is 14.6 Å². The van der Waals surface area contributed by atoms with Crippen LogP contribution in [0.15, 0.2) is 34.9 Å². The highest BCUT2D eigenvalue weighted by Gasteiger charge is 2.24. The minimum absolute atomic E-state index is 0.0283. The van der Waals surface area contributed by atoms with E-state index < -0.39 is 0 Å². The van der Waals surface area contributed by atoms with Gasteiger partial charge >= 0.3 is 0 Å². The van der Waals surface area contributed by atoms with Gasteiger partial charge in [-0.3, -0.25) is 9.69 Å². The minimum atomic E-state index is -0.268. The van der Waals surface area contributed by atoms with Crippen LogP contribution in [0.2, 0.25) is 5.02 Å². The molecule has 0 aliphatic carbocycles. The van der Waals surface area contributed by atoms with Crippen LogP contribution in [-0.2, 0) is 4.74 Å². The fraction of sp³-hybridized carbons (Fsp3) is 0.412. The summed E-state index contributed by atoms with van der Waals surface area (Å²) in [6.45, 7) is 5.24. The number of benzene rings is 1. The van der Waals surface area contributed by atoms with E-state index in [1.54, 1.807) is 13.0 Å². The van der Waals surface area contributed by atoms with Crippen LogP contribution in [0, 0.1) is 6.92 Å². The molecule has 2 heterocycles. The largest absolute Gasteiger partial charge is 0.379 e. The normalized spacial score (nSPS) is 16.8. The lowest BCUT2D eigenvalue weighted by Crippen LogP contribution is -2.43. The first-order valence-corrected chi connectivity index (χ1v) is 8.30. The predicted octanol–water partition coefficient (Wildman–Crippen LogP) is 2.44. The summed E-state index contributed by atoms with van der Waals surface area (Å²) >= 11 is 6.14. The summed E-state index contributed by atoms with van der Waals surface area (Å²) in [6.07, 6.45) is 0. The number of hydrogen-bond donors (Lipinski definition) is 1. The van der Waals surface area contributed by atoms with Crippen molar-refractivity contribution in [2.75, 3.05) is 32.8 Å². The zero-order chi connectivity index (χ0) is 16.9. The van der Waals surface area contributed by atoms with Gasteiger partial charge in [0, 0.05) is 30.7 Å². The zero-order valence-corrected chi connectivity index (χ0v) is 14.3. The molecule has 0 spiro atoms. The van der Waals surface area contributed by atoms with E-state index in [1.165, 1.54) is 0 Å². The van der Waals surface area contributed by atoms with Gasteiger partial charge in [-0.25, -0.2) is 0 Å². The molecule has 1 aromatic heterocycles. The van der Waals surface area contributed by atoms with Gasteiger partial charge in [-0.1, -0.05) is 28.9 Å². The Morgan fingerprint density at radius 2 is 2.17 bits per heavy atom. The number of morpholine rings is 1. The summed E-state index contributed by atoms with van der Waals surface area (Å²) < 4.78 is 10.4. The van der Waals surface area contributed by atoms with Crippen LogP contribution in [0.25, 0.3) is 0 Å². The second-order valence-electron chi connectivity index (χ2n) is 5.76. The van der Waals surface area contributed by atoms with Crippen molar-refractivity contribution < 1.29 is 14.1 Å². The van der Waals surface area contributed by atoms with E-state index in [1.807, 2.05) is 24.3 Å². The summed E-state index contributed by atoms with van der Waals surface area (Å²) in [5.41, 5.74) is 1.75. The summed E-state index contributed by atoms with van der Waals surface area (Å²) in [4.78, 5) is 14.5. The molecule has 128 valence electrons. The molecule has 3 rings (SSSR count). The molecule has 1 amide bonds. The summed E-state index contributed by atoms with van der Waals surface area (Å²) in [5.74, 6) is -0.0461. The van der Waals surface area contributed by atoms with Crippen LogP contribution in [0.1, 0.15) is 27.9 Å². The second kappa shape index (κ2) is 7.79. The topological polar surface area (TPSA) is 67.6 Å². The van der Waals surface area contributed by atoms with Crippen LogP contribution in [0.5, 0.6) is 0 Å². The summed E-state index contributed by atoms with van der Waals surface area (Å²) in [5, 5.41) is 7.36. The van der Waals surface area contributed by atoms with Gasteiger partial charge in [-0.05, 0) is 24.6 Å². The molecule has 7 heteroatoms. The lowest BCUT2D eigenvalue weighted by molar-refractivity contribution is 0.0161. The highest BCUT2D eigenvalue weighted by atomic mass is 35.5. The molecule has 0 saturated carbocycles. The lowest BCUT2D eigenvalue weighted by atomic mass is 10.0. The number of nitrogens with one attached hydrogen (secondary N) is 1. The highest BCUT2D eigenvalue weighted by molar-refractivity contribution is 6.30. The Balaban J connectivity index is 1.73. The molecule has 1 fully saturated rings. The van der Waals surface area contributed by atoms with E-state index in [2.05, 4.69) is 15.4 Å². The van der Waals surface area contributed by atoms with Crippen molar-refractivity contribution in [1.82, 2.24) is 15.4 Å². The van der Waals surface area contributed by atoms with Crippen molar-refractivity contribution in [3.63, 3.8) is 0 Å². The fourth-order valence-corrected chi connectivity index (χ4v) is 3.01. The quantitative estimate of drug-likeness (QED) is 0.898. The Kier molecular flexibility index (Phi) is 5.50. The monoisotopic (exact) mass is 349 g/mol. The summed E-state index contributed by atoms with van der Waals surface area (Å²) in [7, 11) is 0. The highest BCUT2D eigenvalue weighted by Crippen LogP contribution is 2.24. The maximum atomic E-state index is 12.2. The third-order valence-corrected chi connectivity index (χ3v) is 4.26. The van der Waals surface area contributed by atoms with Crippen LogP contribution >= 0.6 is 11.6 Å². The molecular formula is C17H20ClN3O3. The molecule has 1 aromatic carbocycles. The van der Waals surface area contributed by atoms with Gasteiger partial charge in [-0.15, -0.1) is 0 Å². The number of carbonyl (C=O) groups excluding carboxylic acids is 1. The van der Waals surface area contributed by atoms with E-state index >= 15 is 0 Å². The number of halogens is 1. The van der Waals surface area contributed by atoms with E-state index in [0.29, 0.717) is 30.5 Å². The van der Waals surface area contributed by atoms with E-state index in [4.69, 9.17) is 20.9 Å². The third-order valence-electron chi connectivity index (χ3n) is 4.03. The van der Waals surface area contributed by atoms with Gasteiger partial charge in [-0.2, -0.15) is 0 Å². The van der Waals surface area contributed by atoms with Crippen LogP contribution in [-0.4, -0.2) is 48.8 Å². The number of rotatable bonds is 5. The van der Waals surface area contributed by atoms with Crippen LogP contribution in [0.3, 0.4) is 0 Å². The maximum Gasteiger partial charge on any atom is 0.289 e. The van der Waals surface area contributed by atoms with Crippen LogP contribution in [0.4, 0.5) is 0 Å². The molecule has 0 radical (unpaired) electrons. The SMILES string of the molecule is Cc1cc(C(=O)NC[C@H](c2cccc(Cl)c2)N2CCOCC2)on1. The lowest BCUT2D eigenvalue weighted by Gasteiger charge is -2.34. The molecule has 6 nitrogen and oxygen atoms in total. The number of aryl methyl sites for hydroxylation is 1. The first-order valence-electron chi connectivity index (χ1n) is 7.92. The number of hydrogen-bond acceptors (Lipinski definition) is 5. The van der Waals surface area contributed by atoms with Crippen molar-refractivity contribution >= 4 is 17.5 Å². The standard InChI is InChI=1S/C17H20ClN3O3/c1-12-9-16(24-20-12)17(22)19-11-15(21-5-7-23-8-6-21)13-3-2-4-14(18)10-13/h2-4,9-10,15H,5-8,11H2,1H3,(H,19,22)/t15-/m1/s1. The maximum absolute atomic E-state index is 12.2. The van der Waals surface area contributed by atoms with Crippen molar-refractivity contribution in [3.05, 3.63) is 52.4 Å². The molecular weight excluding hydrogens is 330 g/mol. The number of nitrogens with zero attached hydrogens (tertiary/aromatic N) is 2. The molecule has 24 heavy (non-hydrogen) atoms. The first kappa shape index (κ1) is 17.0. The van der Waals surface area contributed by atoms with Gasteiger partial charge in [0.25, 0.3) is 5.91 Å². The summed E-state index contributed by atoms with van der Waals surface area (Å²) in [6, 6.07) is 9.38. The van der Waals surface area contributed by atoms with Crippen molar-refractivity contribution in [3.8, 4) is 0 Å². The third kappa shape index (κ3) is 4.14. The van der Waals surface area contributed by atoms with Gasteiger partial charge in [0.05, 0.1) is 24.9 Å². The molecule has 1 atom stereocenters. The smallest absolute Gasteiger partial charge is 0.289 e. The van der Waals surface area contributed by atoms with E-state index in [9.17, 15) is 4.79 Å². The van der Waals surface area contributed by atoms with Crippen LogP contribution < -0.4 is 5.32 Å². The average molecular weight is 350 g/mol. The first-order chi connectivity index (χ1) is 11.6.